The van der Waals surface area contributed by atoms with E-state index in [4.69, 9.17) is 27.9 Å². The van der Waals surface area contributed by atoms with Crippen LogP contribution in [0.4, 0.5) is 5.69 Å². The SMILES string of the molecule is CC(=O)Nc1ccc(CCC(=O)NC[C@H]2CN(Cc3ccc(Cl)c(Cl)c3)CCO2)cc1. The summed E-state index contributed by atoms with van der Waals surface area (Å²) in [6, 6.07) is 13.2. The van der Waals surface area contributed by atoms with Gasteiger partial charge in [0.1, 0.15) is 0 Å². The molecular weight excluding hydrogens is 437 g/mol. The molecule has 1 heterocycles. The van der Waals surface area contributed by atoms with Crippen LogP contribution in [0.3, 0.4) is 0 Å². The van der Waals surface area contributed by atoms with Crippen molar-refractivity contribution in [3.63, 3.8) is 0 Å². The Kier molecular flexibility index (Phi) is 8.72. The average Bonchev–Trinajstić information content (AvgIpc) is 2.74. The number of anilines is 1. The molecule has 6 nitrogen and oxygen atoms in total. The summed E-state index contributed by atoms with van der Waals surface area (Å²) in [5.41, 5.74) is 2.90. The molecule has 8 heteroatoms. The second-order valence-electron chi connectivity index (χ2n) is 7.66. The molecule has 2 aromatic carbocycles. The molecule has 1 aliphatic rings. The Balaban J connectivity index is 1.39. The lowest BCUT2D eigenvalue weighted by Crippen LogP contribution is -2.47. The number of morpholine rings is 1. The largest absolute Gasteiger partial charge is 0.374 e. The number of aryl methyl sites for hydroxylation is 1. The van der Waals surface area contributed by atoms with Gasteiger partial charge in [-0.15, -0.1) is 0 Å². The van der Waals surface area contributed by atoms with Gasteiger partial charge in [-0.05, 0) is 41.8 Å². The Bertz CT molecular complexity index is 905. The molecule has 0 radical (unpaired) electrons. The van der Waals surface area contributed by atoms with E-state index in [1.54, 1.807) is 0 Å². The molecular formula is C23H27Cl2N3O3. The van der Waals surface area contributed by atoms with Crippen molar-refractivity contribution in [2.45, 2.75) is 32.4 Å². The number of rotatable bonds is 8. The monoisotopic (exact) mass is 463 g/mol. The van der Waals surface area contributed by atoms with Gasteiger partial charge in [-0.1, -0.05) is 41.4 Å². The molecule has 166 valence electrons. The van der Waals surface area contributed by atoms with Gasteiger partial charge in [-0.2, -0.15) is 0 Å². The number of ether oxygens (including phenoxy) is 1. The van der Waals surface area contributed by atoms with Crippen LogP contribution >= 0.6 is 23.2 Å². The van der Waals surface area contributed by atoms with Crippen molar-refractivity contribution in [1.82, 2.24) is 10.2 Å². The zero-order valence-electron chi connectivity index (χ0n) is 17.5. The van der Waals surface area contributed by atoms with Gasteiger partial charge in [0, 0.05) is 45.2 Å². The number of amides is 2. The van der Waals surface area contributed by atoms with Gasteiger partial charge in [0.25, 0.3) is 0 Å². The van der Waals surface area contributed by atoms with Crippen molar-refractivity contribution in [3.05, 3.63) is 63.6 Å². The number of hydrogen-bond acceptors (Lipinski definition) is 4. The lowest BCUT2D eigenvalue weighted by Gasteiger charge is -2.33. The van der Waals surface area contributed by atoms with Crippen LogP contribution in [0.15, 0.2) is 42.5 Å². The molecule has 2 amide bonds. The van der Waals surface area contributed by atoms with E-state index in [0.29, 0.717) is 36.0 Å². The Morgan fingerprint density at radius 3 is 2.55 bits per heavy atom. The van der Waals surface area contributed by atoms with E-state index in [2.05, 4.69) is 15.5 Å². The predicted molar refractivity (Wildman–Crippen MR) is 124 cm³/mol. The molecule has 0 spiro atoms. The topological polar surface area (TPSA) is 70.7 Å². The van der Waals surface area contributed by atoms with E-state index in [-0.39, 0.29) is 17.9 Å². The van der Waals surface area contributed by atoms with Crippen molar-refractivity contribution in [1.29, 1.82) is 0 Å². The molecule has 0 aliphatic carbocycles. The van der Waals surface area contributed by atoms with Gasteiger partial charge in [0.2, 0.25) is 11.8 Å². The summed E-state index contributed by atoms with van der Waals surface area (Å²) >= 11 is 12.1. The van der Waals surface area contributed by atoms with Gasteiger partial charge < -0.3 is 15.4 Å². The third kappa shape index (κ3) is 7.82. The van der Waals surface area contributed by atoms with E-state index in [0.717, 1.165) is 36.4 Å². The zero-order chi connectivity index (χ0) is 22.2. The van der Waals surface area contributed by atoms with Crippen molar-refractivity contribution in [3.8, 4) is 0 Å². The number of carbonyl (C=O) groups is 2. The van der Waals surface area contributed by atoms with E-state index in [1.807, 2.05) is 42.5 Å². The van der Waals surface area contributed by atoms with Crippen LogP contribution in [0.5, 0.6) is 0 Å². The minimum absolute atomic E-state index is 0.00357. The number of carbonyl (C=O) groups excluding carboxylic acids is 2. The number of nitrogens with zero attached hydrogens (tertiary/aromatic N) is 1. The molecule has 1 fully saturated rings. The maximum atomic E-state index is 12.2. The van der Waals surface area contributed by atoms with Crippen LogP contribution in [0.25, 0.3) is 0 Å². The zero-order valence-corrected chi connectivity index (χ0v) is 19.0. The minimum atomic E-state index is -0.104. The lowest BCUT2D eigenvalue weighted by molar-refractivity contribution is -0.122. The summed E-state index contributed by atoms with van der Waals surface area (Å²) in [4.78, 5) is 25.6. The van der Waals surface area contributed by atoms with Crippen molar-refractivity contribution >= 4 is 40.7 Å². The molecule has 0 unspecified atom stereocenters. The first-order chi connectivity index (χ1) is 14.9. The maximum absolute atomic E-state index is 12.2. The molecule has 1 aliphatic heterocycles. The minimum Gasteiger partial charge on any atom is -0.374 e. The molecule has 3 rings (SSSR count). The van der Waals surface area contributed by atoms with Gasteiger partial charge in [0.05, 0.1) is 22.8 Å². The quantitative estimate of drug-likeness (QED) is 0.622. The molecule has 0 aromatic heterocycles. The average molecular weight is 464 g/mol. The standard InChI is InChI=1S/C23H27Cl2N3O3/c1-16(29)27-19-6-2-17(3-7-19)5-9-23(30)26-13-20-15-28(10-11-31-20)14-18-4-8-21(24)22(25)12-18/h2-4,6-8,12,20H,5,9-11,13-15H2,1H3,(H,26,30)(H,27,29)/t20-/m0/s1. The van der Waals surface area contributed by atoms with Crippen LogP contribution in [0, 0.1) is 0 Å². The molecule has 1 saturated heterocycles. The normalized spacial score (nSPS) is 16.7. The predicted octanol–water partition coefficient (Wildman–Crippen LogP) is 3.90. The van der Waals surface area contributed by atoms with Gasteiger partial charge in [-0.25, -0.2) is 0 Å². The van der Waals surface area contributed by atoms with Crippen LogP contribution in [-0.2, 0) is 27.3 Å². The summed E-state index contributed by atoms with van der Waals surface area (Å²) in [5.74, 6) is -0.108. The Morgan fingerprint density at radius 2 is 1.84 bits per heavy atom. The Hall–Kier alpha value is -2.12. The summed E-state index contributed by atoms with van der Waals surface area (Å²) in [7, 11) is 0. The summed E-state index contributed by atoms with van der Waals surface area (Å²) in [6.07, 6.45) is 0.998. The molecule has 2 N–H and O–H groups in total. The fourth-order valence-electron chi connectivity index (χ4n) is 3.48. The van der Waals surface area contributed by atoms with E-state index in [1.165, 1.54) is 6.92 Å². The fourth-order valence-corrected chi connectivity index (χ4v) is 3.80. The Labute approximate surface area is 192 Å². The molecule has 31 heavy (non-hydrogen) atoms. The van der Waals surface area contributed by atoms with Crippen LogP contribution in [0.1, 0.15) is 24.5 Å². The smallest absolute Gasteiger partial charge is 0.221 e. The van der Waals surface area contributed by atoms with Gasteiger partial charge >= 0.3 is 0 Å². The highest BCUT2D eigenvalue weighted by molar-refractivity contribution is 6.42. The molecule has 0 saturated carbocycles. The third-order valence-corrected chi connectivity index (χ3v) is 5.79. The Morgan fingerprint density at radius 1 is 1.10 bits per heavy atom. The number of hydrogen-bond donors (Lipinski definition) is 2. The van der Waals surface area contributed by atoms with Crippen molar-refractivity contribution < 1.29 is 14.3 Å². The second-order valence-corrected chi connectivity index (χ2v) is 8.47. The highest BCUT2D eigenvalue weighted by Crippen LogP contribution is 2.23. The summed E-state index contributed by atoms with van der Waals surface area (Å²) < 4.78 is 5.81. The summed E-state index contributed by atoms with van der Waals surface area (Å²) in [6.45, 7) is 4.92. The van der Waals surface area contributed by atoms with Crippen LogP contribution < -0.4 is 10.6 Å². The molecule has 1 atom stereocenters. The van der Waals surface area contributed by atoms with E-state index < -0.39 is 0 Å². The van der Waals surface area contributed by atoms with E-state index >= 15 is 0 Å². The molecule has 0 bridgehead atoms. The van der Waals surface area contributed by atoms with Crippen LogP contribution in [0.2, 0.25) is 10.0 Å². The number of halogens is 2. The number of benzene rings is 2. The summed E-state index contributed by atoms with van der Waals surface area (Å²) in [5, 5.41) is 6.81. The van der Waals surface area contributed by atoms with Gasteiger partial charge in [-0.3, -0.25) is 14.5 Å². The van der Waals surface area contributed by atoms with Gasteiger partial charge in [0.15, 0.2) is 0 Å². The first-order valence-corrected chi connectivity index (χ1v) is 11.1. The highest BCUT2D eigenvalue weighted by atomic mass is 35.5. The highest BCUT2D eigenvalue weighted by Gasteiger charge is 2.21. The fraction of sp³-hybridized carbons (Fsp3) is 0.391. The lowest BCUT2D eigenvalue weighted by atomic mass is 10.1. The second kappa shape index (κ2) is 11.5. The maximum Gasteiger partial charge on any atom is 0.221 e. The first-order valence-electron chi connectivity index (χ1n) is 10.3. The van der Waals surface area contributed by atoms with E-state index in [9.17, 15) is 9.59 Å². The van der Waals surface area contributed by atoms with Crippen molar-refractivity contribution in [2.75, 3.05) is 31.6 Å². The molecule has 2 aromatic rings. The third-order valence-electron chi connectivity index (χ3n) is 5.06. The van der Waals surface area contributed by atoms with Crippen molar-refractivity contribution in [2.24, 2.45) is 0 Å². The number of nitrogens with one attached hydrogen (secondary N) is 2. The van der Waals surface area contributed by atoms with Crippen LogP contribution in [-0.4, -0.2) is 49.1 Å². The first kappa shape index (κ1) is 23.5.